The molecule has 1 aliphatic heterocycles. The van der Waals surface area contributed by atoms with E-state index in [1.54, 1.807) is 18.2 Å². The Kier molecular flexibility index (Phi) is 14.5. The minimum absolute atomic E-state index is 0. The Morgan fingerprint density at radius 1 is 1.02 bits per heavy atom. The van der Waals surface area contributed by atoms with Crippen molar-refractivity contribution in [3.63, 3.8) is 0 Å². The molecule has 6 nitrogen and oxygen atoms in total. The van der Waals surface area contributed by atoms with Crippen molar-refractivity contribution >= 4 is 40.4 Å². The van der Waals surface area contributed by atoms with E-state index in [9.17, 15) is 14.7 Å². The van der Waals surface area contributed by atoms with Crippen molar-refractivity contribution in [1.82, 2.24) is 0 Å². The molecule has 0 spiro atoms. The van der Waals surface area contributed by atoms with Gasteiger partial charge in [0.1, 0.15) is 5.75 Å². The number of rotatable bonds is 8. The number of anilines is 1. The van der Waals surface area contributed by atoms with E-state index < -0.39 is 5.97 Å². The fourth-order valence-electron chi connectivity index (χ4n) is 4.18. The summed E-state index contributed by atoms with van der Waals surface area (Å²) in [4.78, 5) is 22.6. The molecule has 3 aromatic carbocycles. The summed E-state index contributed by atoms with van der Waals surface area (Å²) in [6.07, 6.45) is 3.81. The van der Waals surface area contributed by atoms with Gasteiger partial charge in [0.05, 0.1) is 10.7 Å². The third-order valence-corrected chi connectivity index (χ3v) is 6.92. The topological polar surface area (TPSA) is 110 Å². The zero-order valence-corrected chi connectivity index (χ0v) is 25.1. The highest BCUT2D eigenvalue weighted by molar-refractivity contribution is 6.36. The van der Waals surface area contributed by atoms with Crippen molar-refractivity contribution in [2.24, 2.45) is 5.92 Å². The fraction of sp³-hybridized carbons (Fsp3) is 0.286. The first-order valence-corrected chi connectivity index (χ1v) is 14.2. The molecule has 0 aromatic heterocycles. The number of aliphatic carboxylic acids is 1. The number of halogens is 1. The van der Waals surface area contributed by atoms with Gasteiger partial charge in [-0.05, 0) is 54.2 Å². The van der Waals surface area contributed by atoms with Crippen LogP contribution in [0.1, 0.15) is 66.9 Å². The van der Waals surface area contributed by atoms with E-state index in [1.165, 1.54) is 6.08 Å². The maximum atomic E-state index is 11.7. The zero-order chi connectivity index (χ0) is 30.7. The first kappa shape index (κ1) is 35.9. The molecular formula is C35H43ClN2O4. The number of fused-ring (bicyclic) bond motifs is 1. The van der Waals surface area contributed by atoms with Crippen LogP contribution in [0, 0.1) is 11.3 Å². The van der Waals surface area contributed by atoms with E-state index >= 15 is 0 Å². The molecule has 0 saturated carbocycles. The Balaban J connectivity index is 0.000000449. The van der Waals surface area contributed by atoms with Crippen molar-refractivity contribution in [2.75, 3.05) is 5.32 Å². The summed E-state index contributed by atoms with van der Waals surface area (Å²) in [5.41, 5.74) is 6.12. The van der Waals surface area contributed by atoms with Gasteiger partial charge in [-0.25, -0.2) is 4.79 Å². The summed E-state index contributed by atoms with van der Waals surface area (Å²) < 4.78 is 0. The van der Waals surface area contributed by atoms with Gasteiger partial charge in [0.2, 0.25) is 0 Å². The quantitative estimate of drug-likeness (QED) is 0.154. The van der Waals surface area contributed by atoms with Gasteiger partial charge in [-0.2, -0.15) is 0 Å². The number of nitrogens with one attached hydrogen (secondary N) is 2. The Morgan fingerprint density at radius 3 is 2.12 bits per heavy atom. The first-order chi connectivity index (χ1) is 19.6. The van der Waals surface area contributed by atoms with Crippen molar-refractivity contribution in [1.29, 1.82) is 5.41 Å². The number of carbonyl (C=O) groups excluding carboxylic acids is 1. The highest BCUT2D eigenvalue weighted by Gasteiger charge is 2.24. The van der Waals surface area contributed by atoms with Crippen LogP contribution < -0.4 is 5.32 Å². The molecule has 224 valence electrons. The van der Waals surface area contributed by atoms with Gasteiger partial charge < -0.3 is 20.9 Å². The third kappa shape index (κ3) is 8.92. The number of hydrogen-bond donors (Lipinski definition) is 4. The Labute approximate surface area is 255 Å². The summed E-state index contributed by atoms with van der Waals surface area (Å²) >= 11 is 6.40. The van der Waals surface area contributed by atoms with E-state index in [0.717, 1.165) is 40.7 Å². The minimum Gasteiger partial charge on any atom is -0.507 e. The molecule has 1 amide bonds. The van der Waals surface area contributed by atoms with Gasteiger partial charge in [-0.1, -0.05) is 109 Å². The molecule has 42 heavy (non-hydrogen) atoms. The molecule has 1 aliphatic rings. The summed E-state index contributed by atoms with van der Waals surface area (Å²) in [6, 6.07) is 18.6. The lowest BCUT2D eigenvalue weighted by Gasteiger charge is -2.10. The van der Waals surface area contributed by atoms with Crippen LogP contribution in [0.3, 0.4) is 0 Å². The van der Waals surface area contributed by atoms with Crippen LogP contribution in [0.2, 0.25) is 5.02 Å². The Bertz CT molecular complexity index is 1440. The van der Waals surface area contributed by atoms with Gasteiger partial charge in [0.25, 0.3) is 5.91 Å². The SMILES string of the molecule is C.C=C1C(=O)Nc2cc(Cl)c(-c3ccc(-c4ccccc4O)cc3)cc21.CC.CCCC(=N)/C=C(/C(=O)O)C(C)CC. The van der Waals surface area contributed by atoms with Crippen molar-refractivity contribution in [2.45, 2.75) is 61.3 Å². The molecule has 0 fully saturated rings. The molecule has 4 N–H and O–H groups in total. The number of phenols is 1. The van der Waals surface area contributed by atoms with Crippen LogP contribution in [0.25, 0.3) is 27.8 Å². The van der Waals surface area contributed by atoms with Crippen LogP contribution in [0.4, 0.5) is 5.69 Å². The predicted octanol–water partition coefficient (Wildman–Crippen LogP) is 9.87. The van der Waals surface area contributed by atoms with Gasteiger partial charge in [0.15, 0.2) is 0 Å². The van der Waals surface area contributed by atoms with E-state index in [-0.39, 0.29) is 25.0 Å². The summed E-state index contributed by atoms with van der Waals surface area (Å²) in [5, 5.41) is 29.8. The molecule has 4 rings (SSSR count). The van der Waals surface area contributed by atoms with Gasteiger partial charge >= 0.3 is 5.97 Å². The van der Waals surface area contributed by atoms with Crippen molar-refractivity contribution < 1.29 is 19.8 Å². The summed E-state index contributed by atoms with van der Waals surface area (Å²) in [6.45, 7) is 13.6. The number of amides is 1. The van der Waals surface area contributed by atoms with Crippen LogP contribution in [0.15, 0.2) is 78.9 Å². The van der Waals surface area contributed by atoms with Gasteiger partial charge in [0, 0.05) is 33.5 Å². The molecule has 1 unspecified atom stereocenters. The van der Waals surface area contributed by atoms with E-state index in [1.807, 2.05) is 77.1 Å². The number of phenolic OH excluding ortho intramolecular Hbond substituents is 1. The molecule has 3 aromatic rings. The van der Waals surface area contributed by atoms with Crippen molar-refractivity contribution in [3.8, 4) is 28.0 Å². The second-order valence-electron chi connectivity index (χ2n) is 9.39. The van der Waals surface area contributed by atoms with Crippen LogP contribution in [-0.4, -0.2) is 27.8 Å². The zero-order valence-electron chi connectivity index (χ0n) is 24.3. The number of carboxylic acid groups (broad SMARTS) is 1. The molecule has 1 heterocycles. The first-order valence-electron chi connectivity index (χ1n) is 13.8. The predicted molar refractivity (Wildman–Crippen MR) is 178 cm³/mol. The summed E-state index contributed by atoms with van der Waals surface area (Å²) in [5.74, 6) is -0.838. The van der Waals surface area contributed by atoms with E-state index in [4.69, 9.17) is 22.1 Å². The largest absolute Gasteiger partial charge is 0.507 e. The normalized spacial score (nSPS) is 12.4. The lowest BCUT2D eigenvalue weighted by atomic mass is 9.96. The van der Waals surface area contributed by atoms with Crippen molar-refractivity contribution in [3.05, 3.63) is 89.5 Å². The number of para-hydroxylation sites is 1. The lowest BCUT2D eigenvalue weighted by molar-refractivity contribution is -0.133. The highest BCUT2D eigenvalue weighted by Crippen LogP contribution is 2.40. The second kappa shape index (κ2) is 16.9. The third-order valence-electron chi connectivity index (χ3n) is 6.60. The average molecular weight is 591 g/mol. The second-order valence-corrected chi connectivity index (χ2v) is 9.80. The number of carbonyl (C=O) groups is 2. The Hall–Kier alpha value is -4.16. The molecule has 0 bridgehead atoms. The number of allylic oxidation sites excluding steroid dienone is 1. The van der Waals surface area contributed by atoms with Gasteiger partial charge in [-0.3, -0.25) is 4.79 Å². The molecule has 0 aliphatic carbocycles. The molecular weight excluding hydrogens is 548 g/mol. The van der Waals surface area contributed by atoms with E-state index in [2.05, 4.69) is 11.9 Å². The molecule has 0 saturated heterocycles. The lowest BCUT2D eigenvalue weighted by Crippen LogP contribution is -2.11. The average Bonchev–Trinajstić information content (AvgIpc) is 3.24. The standard InChI is InChI=1S/C21H14ClNO2.C11H19NO2.C2H6.CH4/c1-12-16-10-17(18(22)11-19(16)23-21(12)25)14-8-6-13(7-9-14)15-4-2-3-5-20(15)24;1-4-6-9(12)7-10(11(13)14)8(3)5-2;1-2;/h2-11,24H,1H2,(H,23,25);7-8,12H,4-6H2,1-3H3,(H,13,14);1-2H3;1H4/b;10-7+,12-9?;;. The number of carboxylic acids is 1. The maximum Gasteiger partial charge on any atom is 0.331 e. The highest BCUT2D eigenvalue weighted by atomic mass is 35.5. The van der Waals surface area contributed by atoms with Crippen LogP contribution in [-0.2, 0) is 9.59 Å². The maximum absolute atomic E-state index is 11.7. The number of benzene rings is 3. The monoisotopic (exact) mass is 590 g/mol. The summed E-state index contributed by atoms with van der Waals surface area (Å²) in [7, 11) is 0. The molecule has 0 radical (unpaired) electrons. The Morgan fingerprint density at radius 2 is 1.60 bits per heavy atom. The molecule has 7 heteroatoms. The van der Waals surface area contributed by atoms with Gasteiger partial charge in [-0.15, -0.1) is 0 Å². The number of aromatic hydroxyl groups is 1. The minimum atomic E-state index is -0.903. The van der Waals surface area contributed by atoms with Crippen LogP contribution in [0.5, 0.6) is 5.75 Å². The van der Waals surface area contributed by atoms with E-state index in [0.29, 0.717) is 34.0 Å². The smallest absolute Gasteiger partial charge is 0.331 e. The fourth-order valence-corrected chi connectivity index (χ4v) is 4.45. The van der Waals surface area contributed by atoms with Crippen LogP contribution >= 0.6 is 11.6 Å². The molecule has 1 atom stereocenters. The number of hydrogen-bond acceptors (Lipinski definition) is 4.